The molecule has 0 aromatic heterocycles. The van der Waals surface area contributed by atoms with Crippen molar-refractivity contribution in [3.63, 3.8) is 0 Å². The lowest BCUT2D eigenvalue weighted by Gasteiger charge is -2.29. The van der Waals surface area contributed by atoms with Crippen molar-refractivity contribution in [2.75, 3.05) is 13.2 Å². The summed E-state index contributed by atoms with van der Waals surface area (Å²) < 4.78 is 42.3. The summed E-state index contributed by atoms with van der Waals surface area (Å²) in [4.78, 5) is 0.137. The quantitative estimate of drug-likeness (QED) is 0.223. The first-order valence-electron chi connectivity index (χ1n) is 12.4. The Kier molecular flexibility index (Phi) is 8.60. The normalized spacial score (nSPS) is 18.3. The monoisotopic (exact) mass is 494 g/mol. The van der Waals surface area contributed by atoms with Gasteiger partial charge in [-0.25, -0.2) is 0 Å². The van der Waals surface area contributed by atoms with Crippen molar-refractivity contribution in [2.24, 2.45) is 5.92 Å². The summed E-state index contributed by atoms with van der Waals surface area (Å²) in [6, 6.07) is 21.7. The molecule has 0 N–H and O–H groups in total. The van der Waals surface area contributed by atoms with Crippen molar-refractivity contribution >= 4 is 10.1 Å². The molecule has 3 aromatic carbocycles. The molecule has 0 saturated carbocycles. The molecule has 0 spiro atoms. The van der Waals surface area contributed by atoms with Gasteiger partial charge in [0.1, 0.15) is 10.6 Å². The van der Waals surface area contributed by atoms with E-state index in [0.29, 0.717) is 5.92 Å². The number of benzene rings is 3. The standard InChI is InChI=1S/C29H34O5S/c1-3-4-5-6-7-23-20-32-29(33-21-23)26-12-10-24(11-13-26)25-14-16-27(17-15-25)34-35(30,31)28-18-8-22(2)9-19-28/h8-19,23,29H,3-7,20-21H2,1-2H3. The minimum Gasteiger partial charge on any atom is -0.379 e. The average molecular weight is 495 g/mol. The predicted molar refractivity (Wildman–Crippen MR) is 138 cm³/mol. The molecule has 4 rings (SSSR count). The lowest BCUT2D eigenvalue weighted by Crippen LogP contribution is -2.27. The van der Waals surface area contributed by atoms with Gasteiger partial charge in [-0.3, -0.25) is 0 Å². The van der Waals surface area contributed by atoms with Gasteiger partial charge in [0.2, 0.25) is 0 Å². The van der Waals surface area contributed by atoms with E-state index in [9.17, 15) is 8.42 Å². The third-order valence-electron chi connectivity index (χ3n) is 6.32. The van der Waals surface area contributed by atoms with E-state index in [-0.39, 0.29) is 16.9 Å². The molecule has 5 nitrogen and oxygen atoms in total. The molecule has 0 aliphatic carbocycles. The molecule has 1 aliphatic heterocycles. The fourth-order valence-electron chi connectivity index (χ4n) is 4.18. The summed E-state index contributed by atoms with van der Waals surface area (Å²) >= 11 is 0. The molecule has 186 valence electrons. The lowest BCUT2D eigenvalue weighted by atomic mass is 10.0. The van der Waals surface area contributed by atoms with Gasteiger partial charge >= 0.3 is 10.1 Å². The van der Waals surface area contributed by atoms with Gasteiger partial charge in [0.15, 0.2) is 6.29 Å². The first-order valence-corrected chi connectivity index (χ1v) is 13.8. The van der Waals surface area contributed by atoms with Gasteiger partial charge in [0.25, 0.3) is 0 Å². The van der Waals surface area contributed by atoms with Crippen molar-refractivity contribution in [2.45, 2.75) is 57.1 Å². The van der Waals surface area contributed by atoms with E-state index >= 15 is 0 Å². The molecule has 0 amide bonds. The van der Waals surface area contributed by atoms with Crippen LogP contribution in [0, 0.1) is 12.8 Å². The van der Waals surface area contributed by atoms with Crippen molar-refractivity contribution in [3.05, 3.63) is 83.9 Å². The highest BCUT2D eigenvalue weighted by atomic mass is 32.2. The highest BCUT2D eigenvalue weighted by Crippen LogP contribution is 2.30. The minimum atomic E-state index is -3.87. The van der Waals surface area contributed by atoms with Crippen molar-refractivity contribution in [1.82, 2.24) is 0 Å². The second-order valence-electron chi connectivity index (χ2n) is 9.21. The topological polar surface area (TPSA) is 61.8 Å². The van der Waals surface area contributed by atoms with Crippen molar-refractivity contribution in [3.8, 4) is 16.9 Å². The van der Waals surface area contributed by atoms with Crippen LogP contribution in [0.2, 0.25) is 0 Å². The predicted octanol–water partition coefficient (Wildman–Crippen LogP) is 7.06. The van der Waals surface area contributed by atoms with Gasteiger partial charge in [0.05, 0.1) is 13.2 Å². The maximum Gasteiger partial charge on any atom is 0.339 e. The van der Waals surface area contributed by atoms with Crippen LogP contribution in [0.4, 0.5) is 0 Å². The van der Waals surface area contributed by atoms with E-state index in [0.717, 1.165) is 41.9 Å². The van der Waals surface area contributed by atoms with Crippen LogP contribution in [0.15, 0.2) is 77.7 Å². The van der Waals surface area contributed by atoms with Crippen LogP contribution in [-0.2, 0) is 19.6 Å². The number of hydrogen-bond acceptors (Lipinski definition) is 5. The Morgan fingerprint density at radius 1 is 0.800 bits per heavy atom. The summed E-state index contributed by atoms with van der Waals surface area (Å²) in [5.41, 5.74) is 3.98. The number of ether oxygens (including phenoxy) is 2. The van der Waals surface area contributed by atoms with Crippen molar-refractivity contribution in [1.29, 1.82) is 0 Å². The maximum atomic E-state index is 12.5. The molecule has 0 atom stereocenters. The average Bonchev–Trinajstić information content (AvgIpc) is 2.88. The van der Waals surface area contributed by atoms with E-state index in [1.54, 1.807) is 36.4 Å². The van der Waals surface area contributed by atoms with Crippen LogP contribution in [-0.4, -0.2) is 21.6 Å². The summed E-state index contributed by atoms with van der Waals surface area (Å²) in [5, 5.41) is 0. The Labute approximate surface area is 209 Å². The molecule has 0 bridgehead atoms. The Hall–Kier alpha value is -2.67. The maximum absolute atomic E-state index is 12.5. The molecule has 1 heterocycles. The Bertz CT molecular complexity index is 1160. The highest BCUT2D eigenvalue weighted by molar-refractivity contribution is 7.87. The molecule has 6 heteroatoms. The van der Waals surface area contributed by atoms with Gasteiger partial charge in [-0.1, -0.05) is 86.7 Å². The summed E-state index contributed by atoms with van der Waals surface area (Å²) in [5.74, 6) is 0.761. The van der Waals surface area contributed by atoms with Gasteiger partial charge < -0.3 is 13.7 Å². The molecular formula is C29H34O5S. The third-order valence-corrected chi connectivity index (χ3v) is 7.58. The summed E-state index contributed by atoms with van der Waals surface area (Å²) in [7, 11) is -3.87. The van der Waals surface area contributed by atoms with Gasteiger partial charge in [0, 0.05) is 11.5 Å². The molecule has 35 heavy (non-hydrogen) atoms. The zero-order chi connectivity index (χ0) is 24.7. The van der Waals surface area contributed by atoms with Crippen LogP contribution >= 0.6 is 0 Å². The number of aryl methyl sites for hydroxylation is 1. The highest BCUT2D eigenvalue weighted by Gasteiger charge is 2.23. The van der Waals surface area contributed by atoms with E-state index in [1.807, 2.05) is 43.3 Å². The second-order valence-corrected chi connectivity index (χ2v) is 10.8. The van der Waals surface area contributed by atoms with E-state index < -0.39 is 10.1 Å². The summed E-state index contributed by atoms with van der Waals surface area (Å²) in [6.07, 6.45) is 5.92. The third kappa shape index (κ3) is 6.94. The SMILES string of the molecule is CCCCCCC1COC(c2ccc(-c3ccc(OS(=O)(=O)c4ccc(C)cc4)cc3)cc2)OC1. The zero-order valence-electron chi connectivity index (χ0n) is 20.5. The lowest BCUT2D eigenvalue weighted by molar-refractivity contribution is -0.206. The van der Waals surface area contributed by atoms with Crippen LogP contribution in [0.1, 0.15) is 56.4 Å². The Balaban J connectivity index is 1.32. The number of hydrogen-bond donors (Lipinski definition) is 0. The fraction of sp³-hybridized carbons (Fsp3) is 0.379. The van der Waals surface area contributed by atoms with Crippen molar-refractivity contribution < 1.29 is 22.1 Å². The summed E-state index contributed by atoms with van der Waals surface area (Å²) in [6.45, 7) is 5.62. The molecule has 0 unspecified atom stereocenters. The number of rotatable bonds is 10. The minimum absolute atomic E-state index is 0.137. The molecule has 1 saturated heterocycles. The van der Waals surface area contributed by atoms with E-state index in [4.69, 9.17) is 13.7 Å². The molecule has 3 aromatic rings. The Morgan fingerprint density at radius 3 is 2.00 bits per heavy atom. The van der Waals surface area contributed by atoms with Gasteiger partial charge in [-0.05, 0) is 48.7 Å². The second kappa shape index (κ2) is 11.8. The first kappa shape index (κ1) is 25.4. The van der Waals surface area contributed by atoms with Crippen LogP contribution in [0.3, 0.4) is 0 Å². The van der Waals surface area contributed by atoms with E-state index in [1.165, 1.54) is 25.7 Å². The largest absolute Gasteiger partial charge is 0.379 e. The Morgan fingerprint density at radius 2 is 1.40 bits per heavy atom. The van der Waals surface area contributed by atoms with Gasteiger partial charge in [-0.2, -0.15) is 8.42 Å². The zero-order valence-corrected chi connectivity index (χ0v) is 21.3. The molecule has 1 fully saturated rings. The van der Waals surface area contributed by atoms with E-state index in [2.05, 4.69) is 6.92 Å². The first-order chi connectivity index (χ1) is 16.9. The molecular weight excluding hydrogens is 460 g/mol. The molecule has 0 radical (unpaired) electrons. The molecule has 1 aliphatic rings. The van der Waals surface area contributed by atoms with Crippen LogP contribution < -0.4 is 4.18 Å². The fourth-order valence-corrected chi connectivity index (χ4v) is 5.11. The smallest absolute Gasteiger partial charge is 0.339 e. The van der Waals surface area contributed by atoms with Crippen LogP contribution in [0.5, 0.6) is 5.75 Å². The van der Waals surface area contributed by atoms with Crippen LogP contribution in [0.25, 0.3) is 11.1 Å². The number of unbranched alkanes of at least 4 members (excludes halogenated alkanes) is 3. The van der Waals surface area contributed by atoms with Gasteiger partial charge in [-0.15, -0.1) is 0 Å².